The standard InChI is InChI=1S/C15H20ClN3O2/c1-10-8-12(16)4-5-13(10)18-14(20)9-19-7-3-6-17-15(21)11(19)2/h4-5,8,11H,3,6-7,9H2,1-2H3,(H,17,21)(H,18,20)/t11-/m0/s1. The molecule has 5 nitrogen and oxygen atoms in total. The van der Waals surface area contributed by atoms with Gasteiger partial charge in [-0.3, -0.25) is 14.5 Å². The first kappa shape index (κ1) is 15.8. The van der Waals surface area contributed by atoms with E-state index in [1.807, 2.05) is 18.7 Å². The largest absolute Gasteiger partial charge is 0.355 e. The van der Waals surface area contributed by atoms with E-state index in [-0.39, 0.29) is 24.4 Å². The molecular formula is C15H20ClN3O2. The van der Waals surface area contributed by atoms with Gasteiger partial charge in [0.05, 0.1) is 12.6 Å². The monoisotopic (exact) mass is 309 g/mol. The van der Waals surface area contributed by atoms with Crippen molar-refractivity contribution in [1.29, 1.82) is 0 Å². The number of rotatable bonds is 3. The van der Waals surface area contributed by atoms with Crippen LogP contribution in [-0.2, 0) is 9.59 Å². The molecule has 114 valence electrons. The van der Waals surface area contributed by atoms with Crippen LogP contribution in [0.1, 0.15) is 18.9 Å². The van der Waals surface area contributed by atoms with Gasteiger partial charge < -0.3 is 10.6 Å². The first-order valence-electron chi connectivity index (χ1n) is 7.05. The summed E-state index contributed by atoms with van der Waals surface area (Å²) < 4.78 is 0. The van der Waals surface area contributed by atoms with Gasteiger partial charge in [0, 0.05) is 23.8 Å². The second-order valence-electron chi connectivity index (χ2n) is 5.30. The summed E-state index contributed by atoms with van der Waals surface area (Å²) in [6, 6.07) is 5.05. The van der Waals surface area contributed by atoms with Crippen LogP contribution >= 0.6 is 11.6 Å². The summed E-state index contributed by atoms with van der Waals surface area (Å²) in [6.45, 7) is 5.31. The second kappa shape index (κ2) is 6.91. The second-order valence-corrected chi connectivity index (χ2v) is 5.73. The molecule has 6 heteroatoms. The summed E-state index contributed by atoms with van der Waals surface area (Å²) in [6.07, 6.45) is 0.851. The van der Waals surface area contributed by atoms with E-state index >= 15 is 0 Å². The molecule has 0 spiro atoms. The van der Waals surface area contributed by atoms with Crippen molar-refractivity contribution in [2.75, 3.05) is 25.0 Å². The van der Waals surface area contributed by atoms with E-state index in [2.05, 4.69) is 10.6 Å². The molecule has 2 rings (SSSR count). The van der Waals surface area contributed by atoms with Gasteiger partial charge >= 0.3 is 0 Å². The molecule has 1 heterocycles. The van der Waals surface area contributed by atoms with Crippen molar-refractivity contribution in [2.45, 2.75) is 26.3 Å². The first-order chi connectivity index (χ1) is 9.97. The van der Waals surface area contributed by atoms with Gasteiger partial charge in [-0.1, -0.05) is 11.6 Å². The molecule has 1 fully saturated rings. The van der Waals surface area contributed by atoms with Gasteiger partial charge in [-0.2, -0.15) is 0 Å². The highest BCUT2D eigenvalue weighted by atomic mass is 35.5. The Balaban J connectivity index is 1.99. The van der Waals surface area contributed by atoms with E-state index in [1.54, 1.807) is 18.2 Å². The van der Waals surface area contributed by atoms with E-state index in [9.17, 15) is 9.59 Å². The maximum Gasteiger partial charge on any atom is 0.238 e. The van der Waals surface area contributed by atoms with Gasteiger partial charge in [0.15, 0.2) is 0 Å². The molecule has 0 aromatic heterocycles. The molecule has 1 saturated heterocycles. The van der Waals surface area contributed by atoms with Crippen molar-refractivity contribution < 1.29 is 9.59 Å². The third-order valence-corrected chi connectivity index (χ3v) is 3.89. The fourth-order valence-corrected chi connectivity index (χ4v) is 2.59. The molecule has 0 unspecified atom stereocenters. The van der Waals surface area contributed by atoms with Gasteiger partial charge in [-0.15, -0.1) is 0 Å². The zero-order valence-corrected chi connectivity index (χ0v) is 13.0. The summed E-state index contributed by atoms with van der Waals surface area (Å²) in [5, 5.41) is 6.35. The van der Waals surface area contributed by atoms with Crippen molar-refractivity contribution in [3.05, 3.63) is 28.8 Å². The number of aryl methyl sites for hydroxylation is 1. The topological polar surface area (TPSA) is 61.4 Å². The average molecular weight is 310 g/mol. The Kier molecular flexibility index (Phi) is 5.20. The maximum atomic E-state index is 12.2. The lowest BCUT2D eigenvalue weighted by Gasteiger charge is -2.24. The van der Waals surface area contributed by atoms with E-state index in [1.165, 1.54) is 0 Å². The number of halogens is 1. The zero-order chi connectivity index (χ0) is 15.4. The Morgan fingerprint density at radius 2 is 2.29 bits per heavy atom. The van der Waals surface area contributed by atoms with Gasteiger partial charge in [-0.05, 0) is 44.0 Å². The van der Waals surface area contributed by atoms with Gasteiger partial charge in [-0.25, -0.2) is 0 Å². The molecule has 1 atom stereocenters. The lowest BCUT2D eigenvalue weighted by Crippen LogP contribution is -2.45. The van der Waals surface area contributed by atoms with E-state index in [0.717, 1.165) is 24.2 Å². The Bertz CT molecular complexity index is 548. The molecule has 0 aliphatic carbocycles. The molecule has 1 aromatic carbocycles. The molecule has 21 heavy (non-hydrogen) atoms. The number of anilines is 1. The molecule has 0 saturated carbocycles. The lowest BCUT2D eigenvalue weighted by atomic mass is 10.2. The summed E-state index contributed by atoms with van der Waals surface area (Å²) >= 11 is 5.90. The molecule has 1 aliphatic heterocycles. The van der Waals surface area contributed by atoms with E-state index < -0.39 is 0 Å². The predicted octanol–water partition coefficient (Wildman–Crippen LogP) is 1.80. The van der Waals surface area contributed by atoms with Crippen molar-refractivity contribution in [1.82, 2.24) is 10.2 Å². The Labute approximate surface area is 129 Å². The number of benzene rings is 1. The van der Waals surface area contributed by atoms with Crippen LogP contribution in [0.15, 0.2) is 18.2 Å². The van der Waals surface area contributed by atoms with Crippen LogP contribution < -0.4 is 10.6 Å². The number of nitrogens with zero attached hydrogens (tertiary/aromatic N) is 1. The molecule has 2 amide bonds. The molecule has 1 aromatic rings. The Hall–Kier alpha value is -1.59. The lowest BCUT2D eigenvalue weighted by molar-refractivity contribution is -0.126. The fourth-order valence-electron chi connectivity index (χ4n) is 2.36. The smallest absolute Gasteiger partial charge is 0.238 e. The molecular weight excluding hydrogens is 290 g/mol. The Morgan fingerprint density at radius 3 is 3.00 bits per heavy atom. The highest BCUT2D eigenvalue weighted by molar-refractivity contribution is 6.30. The van der Waals surface area contributed by atoms with Crippen LogP contribution in [0.25, 0.3) is 0 Å². The van der Waals surface area contributed by atoms with E-state index in [0.29, 0.717) is 11.6 Å². The van der Waals surface area contributed by atoms with Crippen LogP contribution in [-0.4, -0.2) is 42.4 Å². The summed E-state index contributed by atoms with van der Waals surface area (Å²) in [4.78, 5) is 25.8. The minimum absolute atomic E-state index is 0.0250. The Morgan fingerprint density at radius 1 is 1.52 bits per heavy atom. The number of carbonyl (C=O) groups is 2. The minimum Gasteiger partial charge on any atom is -0.355 e. The third-order valence-electron chi connectivity index (χ3n) is 3.66. The van der Waals surface area contributed by atoms with Crippen LogP contribution in [0.3, 0.4) is 0 Å². The van der Waals surface area contributed by atoms with Gasteiger partial charge in [0.2, 0.25) is 11.8 Å². The normalized spacial score (nSPS) is 19.8. The number of hydrogen-bond donors (Lipinski definition) is 2. The van der Waals surface area contributed by atoms with Crippen LogP contribution in [0.4, 0.5) is 5.69 Å². The number of carbonyl (C=O) groups excluding carboxylic acids is 2. The van der Waals surface area contributed by atoms with Gasteiger partial charge in [0.1, 0.15) is 0 Å². The summed E-state index contributed by atoms with van der Waals surface area (Å²) in [5.74, 6) is -0.148. The van der Waals surface area contributed by atoms with E-state index in [4.69, 9.17) is 11.6 Å². The fraction of sp³-hybridized carbons (Fsp3) is 0.467. The number of hydrogen-bond acceptors (Lipinski definition) is 3. The van der Waals surface area contributed by atoms with Crippen molar-refractivity contribution in [2.24, 2.45) is 0 Å². The van der Waals surface area contributed by atoms with Crippen LogP contribution in [0, 0.1) is 6.92 Å². The highest BCUT2D eigenvalue weighted by Crippen LogP contribution is 2.19. The van der Waals surface area contributed by atoms with Crippen molar-refractivity contribution in [3.63, 3.8) is 0 Å². The SMILES string of the molecule is Cc1cc(Cl)ccc1NC(=O)CN1CCCNC(=O)[C@@H]1C. The minimum atomic E-state index is -0.287. The highest BCUT2D eigenvalue weighted by Gasteiger charge is 2.25. The average Bonchev–Trinajstić information content (AvgIpc) is 2.58. The zero-order valence-electron chi connectivity index (χ0n) is 12.3. The van der Waals surface area contributed by atoms with Crippen LogP contribution in [0.2, 0.25) is 5.02 Å². The maximum absolute atomic E-state index is 12.2. The molecule has 1 aliphatic rings. The molecule has 0 bridgehead atoms. The van der Waals surface area contributed by atoms with Crippen molar-refractivity contribution >= 4 is 29.1 Å². The third kappa shape index (κ3) is 4.19. The summed E-state index contributed by atoms with van der Waals surface area (Å²) in [5.41, 5.74) is 1.66. The molecule has 0 radical (unpaired) electrons. The first-order valence-corrected chi connectivity index (χ1v) is 7.43. The predicted molar refractivity (Wildman–Crippen MR) is 83.5 cm³/mol. The summed E-state index contributed by atoms with van der Waals surface area (Å²) in [7, 11) is 0. The van der Waals surface area contributed by atoms with Gasteiger partial charge in [0.25, 0.3) is 0 Å². The molecule has 2 N–H and O–H groups in total. The van der Waals surface area contributed by atoms with Crippen LogP contribution in [0.5, 0.6) is 0 Å². The quantitative estimate of drug-likeness (QED) is 0.895. The number of amides is 2. The number of nitrogens with one attached hydrogen (secondary N) is 2. The van der Waals surface area contributed by atoms with Crippen molar-refractivity contribution in [3.8, 4) is 0 Å².